The number of carbonyl (C=O) groups excluding carboxylic acids is 2. The van der Waals surface area contributed by atoms with Crippen molar-refractivity contribution >= 4 is 28.0 Å². The van der Waals surface area contributed by atoms with Gasteiger partial charge in [0.15, 0.2) is 11.6 Å². The van der Waals surface area contributed by atoms with Gasteiger partial charge < -0.3 is 4.98 Å². The third-order valence-corrected chi connectivity index (χ3v) is 10.2. The summed E-state index contributed by atoms with van der Waals surface area (Å²) in [6.45, 7) is 16.0. The molecule has 1 N–H and O–H groups in total. The number of hydrogen-bond acceptors (Lipinski definition) is 3. The summed E-state index contributed by atoms with van der Waals surface area (Å²) in [5, 5.41) is 5.35. The van der Waals surface area contributed by atoms with Crippen LogP contribution in [0, 0.1) is 0 Å². The van der Waals surface area contributed by atoms with E-state index in [0.29, 0.717) is 5.56 Å². The Morgan fingerprint density at radius 1 is 0.500 bits per heavy atom. The lowest BCUT2D eigenvalue weighted by Gasteiger charge is -2.16. The lowest BCUT2D eigenvalue weighted by molar-refractivity contribution is 0.0948. The van der Waals surface area contributed by atoms with E-state index < -0.39 is 0 Å². The number of aromatic amines is 1. The highest BCUT2D eigenvalue weighted by molar-refractivity contribution is 6.10. The minimum absolute atomic E-state index is 0.117. The zero-order chi connectivity index (χ0) is 45.0. The normalized spacial score (nSPS) is 11.0. The van der Waals surface area contributed by atoms with Crippen molar-refractivity contribution in [1.82, 2.24) is 14.6 Å². The van der Waals surface area contributed by atoms with Gasteiger partial charge in [0.25, 0.3) is 0 Å². The highest BCUT2D eigenvalue weighted by Crippen LogP contribution is 2.31. The molecule has 5 heteroatoms. The first-order chi connectivity index (χ1) is 30.7. The van der Waals surface area contributed by atoms with Crippen molar-refractivity contribution in [1.29, 1.82) is 0 Å². The minimum atomic E-state index is -0.150. The van der Waals surface area contributed by atoms with Crippen LogP contribution in [0.1, 0.15) is 136 Å². The summed E-state index contributed by atoms with van der Waals surface area (Å²) >= 11 is 0. The van der Waals surface area contributed by atoms with Gasteiger partial charge in [0.2, 0.25) is 0 Å². The van der Waals surface area contributed by atoms with Crippen LogP contribution in [-0.4, -0.2) is 26.2 Å². The van der Waals surface area contributed by atoms with Crippen molar-refractivity contribution in [2.75, 3.05) is 0 Å². The molecule has 0 amide bonds. The van der Waals surface area contributed by atoms with E-state index in [1.54, 1.807) is 10.7 Å². The minimum Gasteiger partial charge on any atom is -0.360 e. The van der Waals surface area contributed by atoms with E-state index in [1.807, 2.05) is 159 Å². The highest BCUT2D eigenvalue weighted by atomic mass is 16.1. The van der Waals surface area contributed by atoms with Gasteiger partial charge >= 0.3 is 0 Å². The maximum atomic E-state index is 13.4. The Labute approximate surface area is 372 Å². The third-order valence-electron chi connectivity index (χ3n) is 10.2. The molecule has 0 aliphatic heterocycles. The number of ketones is 2. The van der Waals surface area contributed by atoms with E-state index >= 15 is 0 Å². The smallest absolute Gasteiger partial charge is 0.174 e. The van der Waals surface area contributed by atoms with E-state index in [9.17, 15) is 9.59 Å². The van der Waals surface area contributed by atoms with Crippen LogP contribution in [0.25, 0.3) is 16.4 Å². The maximum absolute atomic E-state index is 13.4. The Balaban J connectivity index is 0.000000285. The molecule has 3 heterocycles. The number of Topliss-reactive ketones (excluding diaryl/α,β-unsaturated/α-hetero) is 2. The Bertz CT molecular complexity index is 2210. The molecule has 0 fully saturated rings. The molecule has 0 aliphatic carbocycles. The van der Waals surface area contributed by atoms with E-state index in [1.165, 1.54) is 11.1 Å². The number of fused-ring (bicyclic) bond motifs is 2. The molecule has 324 valence electrons. The van der Waals surface area contributed by atoms with Crippen molar-refractivity contribution in [2.45, 2.75) is 106 Å². The van der Waals surface area contributed by atoms with Crippen molar-refractivity contribution in [3.05, 3.63) is 216 Å². The summed E-state index contributed by atoms with van der Waals surface area (Å²) in [6.07, 6.45) is 11.0. The number of para-hydroxylation sites is 1. The standard InChI is InChI=1S/C25H23NO.C24H22N2O.4C2H6/c27-25(23-18-26-24-17-8-7-15-22(23)24)21(20-13-5-2-6-14-20)16-9-12-19-10-3-1-4-11-19;27-24(22-18-25-26-17-8-7-16-23(22)26)21(20-13-5-2-6-14-20)15-9-12-19-10-3-1-4-11-19;4*1-2/h1-8,10-11,13-15,17-18,21,26H,9,12,16H2;1-8,10-11,13-14,16-18,21H,9,12,15H2;4*1-2H3. The lowest BCUT2D eigenvalue weighted by Crippen LogP contribution is -2.13. The zero-order valence-electron chi connectivity index (χ0n) is 38.4. The van der Waals surface area contributed by atoms with Crippen LogP contribution in [0.2, 0.25) is 0 Å². The Hall–Kier alpha value is -6.33. The van der Waals surface area contributed by atoms with Crippen molar-refractivity contribution in [3.63, 3.8) is 0 Å². The average Bonchev–Trinajstić information content (AvgIpc) is 4.01. The van der Waals surface area contributed by atoms with Crippen LogP contribution in [-0.2, 0) is 12.8 Å². The Kier molecular flexibility index (Phi) is 23.4. The van der Waals surface area contributed by atoms with Crippen LogP contribution in [0.3, 0.4) is 0 Å². The van der Waals surface area contributed by atoms with Crippen LogP contribution >= 0.6 is 0 Å². The summed E-state index contributed by atoms with van der Waals surface area (Å²) in [7, 11) is 0. The second kappa shape index (κ2) is 29.0. The van der Waals surface area contributed by atoms with Crippen molar-refractivity contribution in [2.24, 2.45) is 0 Å². The number of nitrogens with one attached hydrogen (secondary N) is 1. The van der Waals surface area contributed by atoms with Gasteiger partial charge in [-0.2, -0.15) is 5.10 Å². The molecule has 62 heavy (non-hydrogen) atoms. The quantitative estimate of drug-likeness (QED) is 0.111. The number of rotatable bonds is 14. The molecular formula is C57H69N3O2. The van der Waals surface area contributed by atoms with Gasteiger partial charge in [-0.25, -0.2) is 4.52 Å². The fourth-order valence-corrected chi connectivity index (χ4v) is 7.35. The molecule has 2 unspecified atom stereocenters. The zero-order valence-corrected chi connectivity index (χ0v) is 38.4. The summed E-state index contributed by atoms with van der Waals surface area (Å²) in [6, 6.07) is 55.0. The third kappa shape index (κ3) is 14.4. The second-order valence-corrected chi connectivity index (χ2v) is 13.7. The van der Waals surface area contributed by atoms with Crippen LogP contribution in [0.5, 0.6) is 0 Å². The molecule has 2 atom stereocenters. The number of nitrogens with zero attached hydrogens (tertiary/aromatic N) is 2. The Morgan fingerprint density at radius 2 is 0.919 bits per heavy atom. The molecule has 0 radical (unpaired) electrons. The van der Waals surface area contributed by atoms with Gasteiger partial charge in [-0.05, 0) is 79.0 Å². The molecule has 8 aromatic rings. The number of H-pyrrole nitrogens is 1. The van der Waals surface area contributed by atoms with E-state index in [4.69, 9.17) is 0 Å². The highest BCUT2D eigenvalue weighted by Gasteiger charge is 2.25. The number of carbonyl (C=O) groups is 2. The summed E-state index contributed by atoms with van der Waals surface area (Å²) < 4.78 is 1.76. The first-order valence-corrected chi connectivity index (χ1v) is 22.9. The van der Waals surface area contributed by atoms with Crippen LogP contribution < -0.4 is 0 Å². The molecular weight excluding hydrogens is 759 g/mol. The number of aromatic nitrogens is 3. The summed E-state index contributed by atoms with van der Waals surface area (Å²) in [4.78, 5) is 30.1. The molecule has 0 saturated carbocycles. The summed E-state index contributed by atoms with van der Waals surface area (Å²) in [5.41, 5.74) is 8.18. The predicted octanol–water partition coefficient (Wildman–Crippen LogP) is 15.6. The predicted molar refractivity (Wildman–Crippen MR) is 265 cm³/mol. The van der Waals surface area contributed by atoms with Gasteiger partial charge in [-0.3, -0.25) is 9.59 Å². The first-order valence-electron chi connectivity index (χ1n) is 22.9. The van der Waals surface area contributed by atoms with Gasteiger partial charge in [0, 0.05) is 40.7 Å². The number of hydrogen-bond donors (Lipinski definition) is 1. The average molecular weight is 828 g/mol. The molecule has 5 aromatic carbocycles. The lowest BCUT2D eigenvalue weighted by atomic mass is 9.86. The number of aryl methyl sites for hydroxylation is 2. The SMILES string of the molecule is CC.CC.CC.CC.O=C(c1c[nH]c2ccccc12)C(CCCc1ccccc1)c1ccccc1.O=C(c1cnn2ccccc12)C(CCCc1ccccc1)c1ccccc1. The number of pyridine rings is 1. The maximum Gasteiger partial charge on any atom is 0.174 e. The monoisotopic (exact) mass is 828 g/mol. The van der Waals surface area contributed by atoms with Crippen LogP contribution in [0.15, 0.2) is 182 Å². The van der Waals surface area contributed by atoms with E-state index in [-0.39, 0.29) is 23.4 Å². The molecule has 8 rings (SSSR count). The fraction of sp³-hybridized carbons (Fsp3) is 0.281. The largest absolute Gasteiger partial charge is 0.360 e. The molecule has 5 nitrogen and oxygen atoms in total. The molecule has 3 aromatic heterocycles. The molecule has 0 bridgehead atoms. The molecule has 0 spiro atoms. The van der Waals surface area contributed by atoms with Gasteiger partial charge in [0.05, 0.1) is 17.3 Å². The van der Waals surface area contributed by atoms with Crippen LogP contribution in [0.4, 0.5) is 0 Å². The second-order valence-electron chi connectivity index (χ2n) is 13.7. The topological polar surface area (TPSA) is 67.2 Å². The van der Waals surface area contributed by atoms with Crippen molar-refractivity contribution in [3.8, 4) is 0 Å². The fourth-order valence-electron chi connectivity index (χ4n) is 7.35. The van der Waals surface area contributed by atoms with Gasteiger partial charge in [0.1, 0.15) is 0 Å². The molecule has 0 saturated heterocycles. The number of benzene rings is 5. The van der Waals surface area contributed by atoms with Gasteiger partial charge in [-0.15, -0.1) is 0 Å². The van der Waals surface area contributed by atoms with E-state index in [0.717, 1.165) is 71.6 Å². The summed E-state index contributed by atoms with van der Waals surface area (Å²) in [5.74, 6) is 0.0828. The molecule has 0 aliphatic rings. The van der Waals surface area contributed by atoms with Crippen molar-refractivity contribution < 1.29 is 9.59 Å². The Morgan fingerprint density at radius 3 is 1.42 bits per heavy atom. The van der Waals surface area contributed by atoms with Gasteiger partial charge in [-0.1, -0.05) is 201 Å². The van der Waals surface area contributed by atoms with E-state index in [2.05, 4.69) is 82.9 Å². The first kappa shape index (κ1) is 50.0.